The number of nitrogens with zero attached hydrogens (tertiary/aromatic N) is 2. The van der Waals surface area contributed by atoms with Crippen molar-refractivity contribution in [3.63, 3.8) is 0 Å². The first-order chi connectivity index (χ1) is 5.77. The third-order valence-corrected chi connectivity index (χ3v) is 2.47. The Labute approximate surface area is 81.0 Å². The quantitative estimate of drug-likeness (QED) is 0.477. The molecule has 1 N–H and O–H groups in total. The molecular formula is C7H9Cl2N3. The zero-order valence-electron chi connectivity index (χ0n) is 6.43. The molecular weight excluding hydrogens is 197 g/mol. The third kappa shape index (κ3) is 1.39. The Hall–Kier alpha value is -0.410. The van der Waals surface area contributed by atoms with E-state index < -0.39 is 0 Å². The number of nitrogens with one attached hydrogen (secondary N) is 1. The molecule has 1 atom stereocenters. The predicted octanol–water partition coefficient (Wildman–Crippen LogP) is 1.30. The minimum atomic E-state index is -0.342. The van der Waals surface area contributed by atoms with Gasteiger partial charge in [0.15, 0.2) is 0 Å². The smallest absolute Gasteiger partial charge is 0.200 e. The van der Waals surface area contributed by atoms with Gasteiger partial charge in [-0.25, -0.2) is 4.99 Å². The molecule has 3 nitrogen and oxygen atoms in total. The Bertz CT molecular complexity index is 249. The molecule has 2 aliphatic heterocycles. The van der Waals surface area contributed by atoms with Crippen LogP contribution >= 0.6 is 23.2 Å². The van der Waals surface area contributed by atoms with Crippen molar-refractivity contribution in [1.29, 1.82) is 0 Å². The molecule has 1 fully saturated rings. The maximum absolute atomic E-state index is 5.96. The molecule has 0 bridgehead atoms. The second-order valence-electron chi connectivity index (χ2n) is 2.77. The Morgan fingerprint density at radius 1 is 1.67 bits per heavy atom. The average molecular weight is 206 g/mol. The van der Waals surface area contributed by atoms with Crippen molar-refractivity contribution >= 4 is 28.4 Å². The molecule has 1 saturated heterocycles. The van der Waals surface area contributed by atoms with E-state index in [0.717, 1.165) is 25.3 Å². The van der Waals surface area contributed by atoms with E-state index in [4.69, 9.17) is 23.2 Å². The van der Waals surface area contributed by atoms with Gasteiger partial charge in [0.2, 0.25) is 5.62 Å². The summed E-state index contributed by atoms with van der Waals surface area (Å²) in [6.07, 6.45) is 2.90. The summed E-state index contributed by atoms with van der Waals surface area (Å²) in [4.78, 5) is 6.02. The summed E-state index contributed by atoms with van der Waals surface area (Å²) in [5, 5.41) is 3.69. The zero-order chi connectivity index (χ0) is 8.55. The Morgan fingerprint density at radius 3 is 3.33 bits per heavy atom. The number of alkyl halides is 1. The number of fused-ring (bicyclic) bond motifs is 1. The Balaban J connectivity index is 2.23. The van der Waals surface area contributed by atoms with Crippen LogP contribution in [0.1, 0.15) is 6.42 Å². The van der Waals surface area contributed by atoms with Gasteiger partial charge in [0, 0.05) is 19.2 Å². The topological polar surface area (TPSA) is 27.6 Å². The van der Waals surface area contributed by atoms with Crippen molar-refractivity contribution in [2.45, 2.75) is 12.0 Å². The van der Waals surface area contributed by atoms with Crippen LogP contribution in [0.2, 0.25) is 0 Å². The first-order valence-electron chi connectivity index (χ1n) is 3.87. The number of aliphatic imine (C=N–C) groups is 1. The second kappa shape index (κ2) is 3.15. The zero-order valence-corrected chi connectivity index (χ0v) is 7.94. The Morgan fingerprint density at radius 2 is 2.50 bits per heavy atom. The van der Waals surface area contributed by atoms with E-state index in [-0.39, 0.29) is 5.62 Å². The lowest BCUT2D eigenvalue weighted by Gasteiger charge is -2.36. The highest BCUT2D eigenvalue weighted by atomic mass is 35.5. The van der Waals surface area contributed by atoms with Gasteiger partial charge in [-0.2, -0.15) is 0 Å². The third-order valence-electron chi connectivity index (χ3n) is 1.93. The van der Waals surface area contributed by atoms with Crippen LogP contribution in [0.15, 0.2) is 16.9 Å². The molecule has 1 unspecified atom stereocenters. The Kier molecular flexibility index (Phi) is 2.15. The lowest BCUT2D eigenvalue weighted by atomic mass is 10.3. The summed E-state index contributed by atoms with van der Waals surface area (Å²) in [5.41, 5.74) is -0.342. The van der Waals surface area contributed by atoms with Gasteiger partial charge in [-0.3, -0.25) is 0 Å². The molecule has 2 aliphatic rings. The predicted molar refractivity (Wildman–Crippen MR) is 50.3 cm³/mol. The molecule has 0 saturated carbocycles. The molecule has 12 heavy (non-hydrogen) atoms. The van der Waals surface area contributed by atoms with E-state index in [9.17, 15) is 0 Å². The van der Waals surface area contributed by atoms with Gasteiger partial charge in [0.05, 0.1) is 0 Å². The van der Waals surface area contributed by atoms with Crippen molar-refractivity contribution in [3.05, 3.63) is 11.9 Å². The van der Waals surface area contributed by atoms with Crippen LogP contribution in [-0.2, 0) is 0 Å². The van der Waals surface area contributed by atoms with Crippen molar-refractivity contribution in [1.82, 2.24) is 10.2 Å². The van der Waals surface area contributed by atoms with E-state index >= 15 is 0 Å². The molecule has 2 rings (SSSR count). The minimum Gasteiger partial charge on any atom is -0.372 e. The van der Waals surface area contributed by atoms with Gasteiger partial charge in [-0.15, -0.1) is 0 Å². The number of hydrogen-bond acceptors (Lipinski definition) is 3. The van der Waals surface area contributed by atoms with E-state index in [2.05, 4.69) is 10.3 Å². The lowest BCUT2D eigenvalue weighted by Crippen LogP contribution is -2.44. The fraction of sp³-hybridized carbons (Fsp3) is 0.571. The molecule has 5 heteroatoms. The van der Waals surface area contributed by atoms with E-state index in [1.54, 1.807) is 6.08 Å². The fourth-order valence-electron chi connectivity index (χ4n) is 1.36. The maximum Gasteiger partial charge on any atom is 0.200 e. The van der Waals surface area contributed by atoms with Gasteiger partial charge in [-0.05, 0) is 6.42 Å². The summed E-state index contributed by atoms with van der Waals surface area (Å²) < 4.78 is 0. The molecule has 0 aliphatic carbocycles. The normalized spacial score (nSPS) is 28.5. The number of halogens is 2. The van der Waals surface area contributed by atoms with E-state index in [1.165, 1.54) is 0 Å². The van der Waals surface area contributed by atoms with Gasteiger partial charge >= 0.3 is 0 Å². The van der Waals surface area contributed by atoms with Gasteiger partial charge < -0.3 is 10.2 Å². The summed E-state index contributed by atoms with van der Waals surface area (Å²) >= 11 is 11.7. The fourth-order valence-corrected chi connectivity index (χ4v) is 1.92. The van der Waals surface area contributed by atoms with Crippen LogP contribution < -0.4 is 5.32 Å². The van der Waals surface area contributed by atoms with Crippen LogP contribution in [-0.4, -0.2) is 28.8 Å². The lowest BCUT2D eigenvalue weighted by molar-refractivity contribution is 0.262. The molecule has 0 aromatic heterocycles. The van der Waals surface area contributed by atoms with Gasteiger partial charge in [-0.1, -0.05) is 23.2 Å². The number of hydrogen-bond donors (Lipinski definition) is 1. The van der Waals surface area contributed by atoms with Crippen molar-refractivity contribution < 1.29 is 0 Å². The van der Waals surface area contributed by atoms with Gasteiger partial charge in [0.1, 0.15) is 11.0 Å². The van der Waals surface area contributed by atoms with Crippen LogP contribution in [0.3, 0.4) is 0 Å². The molecule has 0 spiro atoms. The molecule has 2 heterocycles. The highest BCUT2D eigenvalue weighted by Crippen LogP contribution is 2.21. The summed E-state index contributed by atoms with van der Waals surface area (Å²) in [7, 11) is 0. The average Bonchev–Trinajstić information content (AvgIpc) is 2.04. The van der Waals surface area contributed by atoms with Crippen LogP contribution in [0.25, 0.3) is 0 Å². The SMILES string of the molecule is ClC1=NC(Cl)N2CCCNC2=C1. The molecule has 0 aromatic carbocycles. The molecule has 0 aromatic rings. The van der Waals surface area contributed by atoms with E-state index in [1.807, 2.05) is 4.90 Å². The molecule has 0 amide bonds. The summed E-state index contributed by atoms with van der Waals surface area (Å²) in [6.45, 7) is 1.93. The second-order valence-corrected chi connectivity index (χ2v) is 3.54. The summed E-state index contributed by atoms with van der Waals surface area (Å²) in [6, 6.07) is 0. The maximum atomic E-state index is 5.96. The summed E-state index contributed by atoms with van der Waals surface area (Å²) in [5.74, 6) is 0.987. The molecule has 0 radical (unpaired) electrons. The monoisotopic (exact) mass is 205 g/mol. The van der Waals surface area contributed by atoms with Crippen LogP contribution in [0.4, 0.5) is 0 Å². The largest absolute Gasteiger partial charge is 0.372 e. The van der Waals surface area contributed by atoms with Gasteiger partial charge in [0.25, 0.3) is 0 Å². The van der Waals surface area contributed by atoms with Crippen molar-refractivity contribution in [2.75, 3.05) is 13.1 Å². The van der Waals surface area contributed by atoms with Crippen LogP contribution in [0, 0.1) is 0 Å². The highest BCUT2D eigenvalue weighted by molar-refractivity contribution is 6.68. The number of allylic oxidation sites excluding steroid dienone is 1. The minimum absolute atomic E-state index is 0.342. The van der Waals surface area contributed by atoms with Crippen molar-refractivity contribution in [2.24, 2.45) is 4.99 Å². The first-order valence-corrected chi connectivity index (χ1v) is 4.68. The first kappa shape index (κ1) is 8.20. The van der Waals surface area contributed by atoms with Crippen molar-refractivity contribution in [3.8, 4) is 0 Å². The van der Waals surface area contributed by atoms with Crippen LogP contribution in [0.5, 0.6) is 0 Å². The standard InChI is InChI=1S/C7H9Cl2N3/c8-5-4-6-10-2-1-3-12(6)7(9)11-5/h4,7,10H,1-3H2. The number of rotatable bonds is 0. The molecule has 66 valence electrons. The highest BCUT2D eigenvalue weighted by Gasteiger charge is 2.24. The van der Waals surface area contributed by atoms with E-state index in [0.29, 0.717) is 5.17 Å².